The number of amides is 1. The molecule has 0 aliphatic heterocycles. The maximum absolute atomic E-state index is 11.9. The molecule has 0 aromatic carbocycles. The highest BCUT2D eigenvalue weighted by atomic mass is 35.5. The Bertz CT molecular complexity index is 764. The van der Waals surface area contributed by atoms with Crippen LogP contribution in [0.25, 0.3) is 0 Å². The molecule has 0 aliphatic rings. The second-order valence-electron chi connectivity index (χ2n) is 5.64. The minimum atomic E-state index is -0.803. The summed E-state index contributed by atoms with van der Waals surface area (Å²) in [6, 6.07) is 0. The molecular formula is C18H29ClN4O7S. The van der Waals surface area contributed by atoms with E-state index in [4.69, 9.17) is 19.9 Å². The molecule has 0 atom stereocenters. The Balaban J connectivity index is 0. The van der Waals surface area contributed by atoms with Crippen molar-refractivity contribution in [2.45, 2.75) is 40.7 Å². The molecule has 0 unspecified atom stereocenters. The van der Waals surface area contributed by atoms with E-state index < -0.39 is 11.5 Å². The monoisotopic (exact) mass is 480 g/mol. The molecule has 1 heterocycles. The maximum Gasteiger partial charge on any atom is 0.508 e. The average molecular weight is 481 g/mol. The zero-order valence-electron chi connectivity index (χ0n) is 17.9. The Morgan fingerprint density at radius 2 is 1.87 bits per heavy atom. The number of rotatable bonds is 10. The van der Waals surface area contributed by atoms with E-state index in [-0.39, 0.29) is 56.5 Å². The zero-order chi connectivity index (χ0) is 21.8. The normalized spacial score (nSPS) is 10.6. The SMILES string of the molecule is CCOC(=O)OCC/C(SC(=O)OCC)=C(\C)N(C=O)Cc1cnc(C)nc1N.Cl.O. The van der Waals surface area contributed by atoms with Crippen LogP contribution in [0.1, 0.15) is 38.6 Å². The van der Waals surface area contributed by atoms with Crippen LogP contribution in [-0.4, -0.2) is 58.0 Å². The van der Waals surface area contributed by atoms with Crippen molar-refractivity contribution < 1.29 is 34.1 Å². The van der Waals surface area contributed by atoms with Crippen molar-refractivity contribution in [3.05, 3.63) is 28.2 Å². The van der Waals surface area contributed by atoms with Crippen molar-refractivity contribution in [3.63, 3.8) is 0 Å². The number of anilines is 1. The number of allylic oxidation sites excluding steroid dienone is 1. The molecule has 1 aromatic rings. The van der Waals surface area contributed by atoms with Gasteiger partial charge in [-0.05, 0) is 39.5 Å². The minimum absolute atomic E-state index is 0. The number of halogens is 1. The van der Waals surface area contributed by atoms with Crippen molar-refractivity contribution in [2.24, 2.45) is 0 Å². The van der Waals surface area contributed by atoms with Crippen molar-refractivity contribution in [1.82, 2.24) is 14.9 Å². The summed E-state index contributed by atoms with van der Waals surface area (Å²) in [7, 11) is 0. The summed E-state index contributed by atoms with van der Waals surface area (Å²) in [5.41, 5.74) is 6.95. The summed E-state index contributed by atoms with van der Waals surface area (Å²) in [5, 5.41) is -0.526. The molecule has 0 saturated carbocycles. The van der Waals surface area contributed by atoms with Gasteiger partial charge in [-0.1, -0.05) is 0 Å². The summed E-state index contributed by atoms with van der Waals surface area (Å²) >= 11 is 0.827. The van der Waals surface area contributed by atoms with Gasteiger partial charge in [0.1, 0.15) is 11.6 Å². The Kier molecular flexibility index (Phi) is 16.0. The van der Waals surface area contributed by atoms with Gasteiger partial charge in [0, 0.05) is 28.8 Å². The molecule has 0 bridgehead atoms. The van der Waals surface area contributed by atoms with Crippen LogP contribution in [0.4, 0.5) is 15.4 Å². The minimum Gasteiger partial charge on any atom is -0.458 e. The number of hydrogen-bond donors (Lipinski definition) is 1. The van der Waals surface area contributed by atoms with E-state index in [2.05, 4.69) is 9.97 Å². The summed E-state index contributed by atoms with van der Waals surface area (Å²) in [4.78, 5) is 45.0. The molecule has 11 nitrogen and oxygen atoms in total. The Morgan fingerprint density at radius 3 is 2.42 bits per heavy atom. The molecule has 1 amide bonds. The molecule has 176 valence electrons. The third kappa shape index (κ3) is 10.9. The van der Waals surface area contributed by atoms with Gasteiger partial charge < -0.3 is 30.3 Å². The number of nitrogens with zero attached hydrogens (tertiary/aromatic N) is 3. The van der Waals surface area contributed by atoms with Gasteiger partial charge in [-0.2, -0.15) is 0 Å². The first-order valence-corrected chi connectivity index (χ1v) is 9.77. The lowest BCUT2D eigenvalue weighted by atomic mass is 10.2. The van der Waals surface area contributed by atoms with Gasteiger partial charge in [-0.15, -0.1) is 12.4 Å². The molecular weight excluding hydrogens is 452 g/mol. The Morgan fingerprint density at radius 1 is 1.23 bits per heavy atom. The first kappa shape index (κ1) is 30.6. The Hall–Kier alpha value is -2.57. The van der Waals surface area contributed by atoms with E-state index in [9.17, 15) is 14.4 Å². The molecule has 0 aliphatic carbocycles. The van der Waals surface area contributed by atoms with Crippen molar-refractivity contribution in [1.29, 1.82) is 0 Å². The highest BCUT2D eigenvalue weighted by Gasteiger charge is 2.18. The average Bonchev–Trinajstić information content (AvgIpc) is 2.66. The van der Waals surface area contributed by atoms with Crippen LogP contribution >= 0.6 is 24.2 Å². The quantitative estimate of drug-likeness (QED) is 0.388. The van der Waals surface area contributed by atoms with Crippen molar-refractivity contribution in [2.75, 3.05) is 25.6 Å². The van der Waals surface area contributed by atoms with Crippen LogP contribution in [0.2, 0.25) is 0 Å². The highest BCUT2D eigenvalue weighted by Crippen LogP contribution is 2.28. The van der Waals surface area contributed by atoms with E-state index in [0.29, 0.717) is 28.4 Å². The number of ether oxygens (including phenoxy) is 3. The largest absolute Gasteiger partial charge is 0.508 e. The fourth-order valence-corrected chi connectivity index (χ4v) is 2.98. The predicted molar refractivity (Wildman–Crippen MR) is 119 cm³/mol. The maximum atomic E-state index is 11.9. The first-order valence-electron chi connectivity index (χ1n) is 8.96. The van der Waals surface area contributed by atoms with Crippen LogP contribution in [0.15, 0.2) is 16.8 Å². The van der Waals surface area contributed by atoms with Crippen LogP contribution in [0, 0.1) is 6.92 Å². The number of hydrogen-bond acceptors (Lipinski definition) is 10. The molecule has 31 heavy (non-hydrogen) atoms. The fourth-order valence-electron chi connectivity index (χ4n) is 2.15. The third-order valence-corrected chi connectivity index (χ3v) is 4.63. The summed E-state index contributed by atoms with van der Waals surface area (Å²) in [6.45, 7) is 7.23. The van der Waals surface area contributed by atoms with Gasteiger partial charge in [-0.25, -0.2) is 19.6 Å². The number of aromatic nitrogens is 2. The summed E-state index contributed by atoms with van der Waals surface area (Å²) in [6.07, 6.45) is 1.55. The summed E-state index contributed by atoms with van der Waals surface area (Å²) in [5.74, 6) is 0.785. The van der Waals surface area contributed by atoms with Gasteiger partial charge in [0.2, 0.25) is 6.41 Å². The fraction of sp³-hybridized carbons (Fsp3) is 0.500. The van der Waals surface area contributed by atoms with Crippen molar-refractivity contribution in [3.8, 4) is 0 Å². The number of carbonyl (C=O) groups is 3. The van der Waals surface area contributed by atoms with Crippen LogP contribution < -0.4 is 5.73 Å². The molecule has 0 radical (unpaired) electrons. The van der Waals surface area contributed by atoms with Gasteiger partial charge in [0.15, 0.2) is 0 Å². The molecule has 1 aromatic heterocycles. The van der Waals surface area contributed by atoms with E-state index in [0.717, 1.165) is 11.8 Å². The predicted octanol–water partition coefficient (Wildman–Crippen LogP) is 2.61. The van der Waals surface area contributed by atoms with Crippen LogP contribution in [0.3, 0.4) is 0 Å². The van der Waals surface area contributed by atoms with E-state index in [1.807, 2.05) is 0 Å². The first-order chi connectivity index (χ1) is 13.8. The van der Waals surface area contributed by atoms with Crippen LogP contribution in [-0.2, 0) is 25.5 Å². The van der Waals surface area contributed by atoms with Crippen molar-refractivity contribution >= 4 is 47.9 Å². The number of nitrogen functional groups attached to an aromatic ring is 1. The second-order valence-corrected chi connectivity index (χ2v) is 6.67. The van der Waals surface area contributed by atoms with Crippen LogP contribution in [0.5, 0.6) is 0 Å². The lowest BCUT2D eigenvalue weighted by molar-refractivity contribution is -0.116. The lowest BCUT2D eigenvalue weighted by Crippen LogP contribution is -2.22. The molecule has 1 rings (SSSR count). The van der Waals surface area contributed by atoms with Gasteiger partial charge in [-0.3, -0.25) is 4.79 Å². The molecule has 4 N–H and O–H groups in total. The van der Waals surface area contributed by atoms with Gasteiger partial charge in [0.05, 0.1) is 26.4 Å². The third-order valence-electron chi connectivity index (χ3n) is 3.60. The van der Waals surface area contributed by atoms with E-state index in [1.54, 1.807) is 33.9 Å². The van der Waals surface area contributed by atoms with Gasteiger partial charge in [0.25, 0.3) is 0 Å². The number of nitrogens with two attached hydrogens (primary N) is 1. The lowest BCUT2D eigenvalue weighted by Gasteiger charge is -2.22. The highest BCUT2D eigenvalue weighted by molar-refractivity contribution is 8.16. The standard InChI is InChI=1S/C18H26N4O6S.ClH.H2O/c1-5-26-17(24)28-8-7-15(29-18(25)27-6-2)12(3)22(11-23)10-14-9-20-13(4)21-16(14)19;;/h9,11H,5-8,10H2,1-4H3,(H2,19,20,21);1H;1H2/b15-12-;;. The molecule has 0 fully saturated rings. The van der Waals surface area contributed by atoms with E-state index >= 15 is 0 Å². The zero-order valence-corrected chi connectivity index (χ0v) is 19.5. The number of thioether (sulfide) groups is 1. The van der Waals surface area contributed by atoms with E-state index in [1.165, 1.54) is 4.90 Å². The number of aryl methyl sites for hydroxylation is 1. The molecule has 13 heteroatoms. The second kappa shape index (κ2) is 16.2. The summed E-state index contributed by atoms with van der Waals surface area (Å²) < 4.78 is 14.6. The molecule has 0 saturated heterocycles. The van der Waals surface area contributed by atoms with Gasteiger partial charge >= 0.3 is 11.5 Å². The topological polar surface area (TPSA) is 165 Å². The Labute approximate surface area is 191 Å². The number of carbonyl (C=O) groups excluding carboxylic acids is 3. The molecule has 0 spiro atoms. The smallest absolute Gasteiger partial charge is 0.458 e.